The van der Waals surface area contributed by atoms with Crippen LogP contribution in [0.3, 0.4) is 0 Å². The van der Waals surface area contributed by atoms with E-state index in [0.717, 1.165) is 10.9 Å². The van der Waals surface area contributed by atoms with Gasteiger partial charge < -0.3 is 14.8 Å². The summed E-state index contributed by atoms with van der Waals surface area (Å²) in [6.07, 6.45) is 3.10. The Balaban J connectivity index is 1.68. The number of fused-ring (bicyclic) bond motifs is 3. The van der Waals surface area contributed by atoms with E-state index in [9.17, 15) is 4.79 Å². The lowest BCUT2D eigenvalue weighted by Gasteiger charge is -1.98. The second-order valence-corrected chi connectivity index (χ2v) is 5.16. The average Bonchev–Trinajstić information content (AvgIpc) is 3.23. The highest BCUT2D eigenvalue weighted by atomic mass is 16.5. The van der Waals surface area contributed by atoms with Crippen LogP contribution in [0.5, 0.6) is 0 Å². The third-order valence-corrected chi connectivity index (χ3v) is 3.53. The van der Waals surface area contributed by atoms with Crippen molar-refractivity contribution in [3.8, 4) is 6.07 Å². The van der Waals surface area contributed by atoms with Crippen LogP contribution in [0.1, 0.15) is 11.4 Å². The number of carbonyl (C=O) groups excluding carboxylic acids is 1. The van der Waals surface area contributed by atoms with Crippen LogP contribution in [0.2, 0.25) is 0 Å². The maximum absolute atomic E-state index is 12.0. The molecule has 4 rings (SSSR count). The SMILES string of the molecule is N#Cc1ccc2ncc3[nH]c(CC(=O)Nc4ccon4)nc3c2c1. The van der Waals surface area contributed by atoms with Gasteiger partial charge in [0.25, 0.3) is 0 Å². The van der Waals surface area contributed by atoms with Gasteiger partial charge in [-0.2, -0.15) is 5.26 Å². The van der Waals surface area contributed by atoms with Gasteiger partial charge in [0.05, 0.1) is 40.8 Å². The minimum Gasteiger partial charge on any atom is -0.363 e. The van der Waals surface area contributed by atoms with Crippen LogP contribution in [0.25, 0.3) is 21.9 Å². The lowest BCUT2D eigenvalue weighted by molar-refractivity contribution is -0.115. The van der Waals surface area contributed by atoms with E-state index in [2.05, 4.69) is 36.0 Å². The molecular formula is C16H10N6O2. The Morgan fingerprint density at radius 3 is 3.08 bits per heavy atom. The molecule has 0 aliphatic heterocycles. The highest BCUT2D eigenvalue weighted by Crippen LogP contribution is 2.23. The molecule has 8 nitrogen and oxygen atoms in total. The first-order valence-corrected chi connectivity index (χ1v) is 7.10. The Bertz CT molecular complexity index is 1090. The fourth-order valence-corrected chi connectivity index (χ4v) is 2.48. The Labute approximate surface area is 135 Å². The largest absolute Gasteiger partial charge is 0.363 e. The summed E-state index contributed by atoms with van der Waals surface area (Å²) in [5, 5.41) is 16.1. The number of aromatic nitrogens is 4. The third-order valence-electron chi connectivity index (χ3n) is 3.53. The molecule has 8 heteroatoms. The van der Waals surface area contributed by atoms with Gasteiger partial charge in [-0.25, -0.2) is 4.98 Å². The number of hydrogen-bond donors (Lipinski definition) is 2. The predicted molar refractivity (Wildman–Crippen MR) is 84.9 cm³/mol. The van der Waals surface area contributed by atoms with E-state index in [1.54, 1.807) is 30.5 Å². The molecule has 0 saturated carbocycles. The Kier molecular flexibility index (Phi) is 3.17. The van der Waals surface area contributed by atoms with E-state index in [-0.39, 0.29) is 12.3 Å². The molecule has 1 amide bonds. The first-order valence-electron chi connectivity index (χ1n) is 7.10. The number of anilines is 1. The number of nitriles is 1. The molecule has 116 valence electrons. The summed E-state index contributed by atoms with van der Waals surface area (Å²) in [4.78, 5) is 23.9. The number of amides is 1. The highest BCUT2D eigenvalue weighted by molar-refractivity contribution is 6.02. The van der Waals surface area contributed by atoms with Gasteiger partial charge in [0.1, 0.15) is 12.1 Å². The monoisotopic (exact) mass is 318 g/mol. The molecule has 0 fully saturated rings. The molecule has 0 unspecified atom stereocenters. The molecule has 4 aromatic rings. The quantitative estimate of drug-likeness (QED) is 0.597. The molecule has 24 heavy (non-hydrogen) atoms. The van der Waals surface area contributed by atoms with Crippen molar-refractivity contribution in [2.45, 2.75) is 6.42 Å². The molecule has 0 saturated heterocycles. The number of rotatable bonds is 3. The van der Waals surface area contributed by atoms with Gasteiger partial charge >= 0.3 is 0 Å². The number of aromatic amines is 1. The van der Waals surface area contributed by atoms with E-state index < -0.39 is 0 Å². The van der Waals surface area contributed by atoms with E-state index in [4.69, 9.17) is 5.26 Å². The van der Waals surface area contributed by atoms with Crippen molar-refractivity contribution in [1.29, 1.82) is 5.26 Å². The van der Waals surface area contributed by atoms with Crippen LogP contribution in [0, 0.1) is 11.3 Å². The van der Waals surface area contributed by atoms with Crippen molar-refractivity contribution in [2.24, 2.45) is 0 Å². The lowest BCUT2D eigenvalue weighted by atomic mass is 10.1. The van der Waals surface area contributed by atoms with Crippen LogP contribution in [-0.4, -0.2) is 26.0 Å². The Morgan fingerprint density at radius 2 is 2.29 bits per heavy atom. The second-order valence-electron chi connectivity index (χ2n) is 5.16. The number of nitrogens with one attached hydrogen (secondary N) is 2. The fraction of sp³-hybridized carbons (Fsp3) is 0.0625. The van der Waals surface area contributed by atoms with Crippen molar-refractivity contribution < 1.29 is 9.32 Å². The van der Waals surface area contributed by atoms with Gasteiger partial charge in [-0.1, -0.05) is 5.16 Å². The fourth-order valence-electron chi connectivity index (χ4n) is 2.48. The standard InChI is InChI=1S/C16H10N6O2/c17-7-9-1-2-11-10(5-9)16-12(8-18-11)19-14(21-16)6-15(23)20-13-3-4-24-22-13/h1-5,8H,6H2,(H,19,21)(H,20,22,23). The minimum atomic E-state index is -0.266. The zero-order valence-electron chi connectivity index (χ0n) is 12.3. The summed E-state index contributed by atoms with van der Waals surface area (Å²) >= 11 is 0. The number of pyridine rings is 1. The van der Waals surface area contributed by atoms with Crippen molar-refractivity contribution in [3.63, 3.8) is 0 Å². The van der Waals surface area contributed by atoms with Crippen molar-refractivity contribution in [1.82, 2.24) is 20.1 Å². The summed E-state index contributed by atoms with van der Waals surface area (Å²) in [6.45, 7) is 0. The van der Waals surface area contributed by atoms with Crippen molar-refractivity contribution >= 4 is 33.7 Å². The van der Waals surface area contributed by atoms with Crippen LogP contribution in [-0.2, 0) is 11.2 Å². The molecular weight excluding hydrogens is 308 g/mol. The van der Waals surface area contributed by atoms with E-state index in [0.29, 0.717) is 28.2 Å². The molecule has 2 N–H and O–H groups in total. The second kappa shape index (κ2) is 5.48. The topological polar surface area (TPSA) is 120 Å². The summed E-state index contributed by atoms with van der Waals surface area (Å²) < 4.78 is 4.66. The molecule has 0 bridgehead atoms. The molecule has 0 spiro atoms. The number of carbonyl (C=O) groups is 1. The highest BCUT2D eigenvalue weighted by Gasteiger charge is 2.12. The van der Waals surface area contributed by atoms with E-state index in [1.807, 2.05) is 0 Å². The van der Waals surface area contributed by atoms with Gasteiger partial charge in [-0.15, -0.1) is 0 Å². The van der Waals surface area contributed by atoms with Gasteiger partial charge in [-0.05, 0) is 18.2 Å². The van der Waals surface area contributed by atoms with Crippen LogP contribution in [0.4, 0.5) is 5.82 Å². The zero-order valence-corrected chi connectivity index (χ0v) is 12.3. The van der Waals surface area contributed by atoms with Crippen molar-refractivity contribution in [2.75, 3.05) is 5.32 Å². The summed E-state index contributed by atoms with van der Waals surface area (Å²) in [5.74, 6) is 0.586. The average molecular weight is 318 g/mol. The molecule has 0 aliphatic carbocycles. The summed E-state index contributed by atoms with van der Waals surface area (Å²) in [6, 6.07) is 8.88. The zero-order chi connectivity index (χ0) is 16.5. The Morgan fingerprint density at radius 1 is 1.38 bits per heavy atom. The predicted octanol–water partition coefficient (Wildman–Crippen LogP) is 2.15. The minimum absolute atomic E-state index is 0.0565. The lowest BCUT2D eigenvalue weighted by Crippen LogP contribution is -2.15. The number of nitrogens with zero attached hydrogens (tertiary/aromatic N) is 4. The van der Waals surface area contributed by atoms with Gasteiger partial charge in [0.15, 0.2) is 5.82 Å². The Hall–Kier alpha value is -3.73. The molecule has 3 aromatic heterocycles. The molecule has 0 radical (unpaired) electrons. The maximum Gasteiger partial charge on any atom is 0.233 e. The summed E-state index contributed by atoms with van der Waals surface area (Å²) in [5.41, 5.74) is 2.67. The van der Waals surface area contributed by atoms with Crippen LogP contribution in [0.15, 0.2) is 41.2 Å². The van der Waals surface area contributed by atoms with Gasteiger partial charge in [0, 0.05) is 11.5 Å². The number of H-pyrrole nitrogens is 1. The van der Waals surface area contributed by atoms with Gasteiger partial charge in [0.2, 0.25) is 5.91 Å². The molecule has 3 heterocycles. The number of hydrogen-bond acceptors (Lipinski definition) is 6. The van der Waals surface area contributed by atoms with E-state index >= 15 is 0 Å². The third kappa shape index (κ3) is 2.44. The first kappa shape index (κ1) is 13.9. The smallest absolute Gasteiger partial charge is 0.233 e. The van der Waals surface area contributed by atoms with Gasteiger partial charge in [-0.3, -0.25) is 9.78 Å². The number of imidazole rings is 1. The summed E-state index contributed by atoms with van der Waals surface area (Å²) in [7, 11) is 0. The van der Waals surface area contributed by atoms with Crippen LogP contribution >= 0.6 is 0 Å². The molecule has 0 atom stereocenters. The molecule has 1 aromatic carbocycles. The van der Waals surface area contributed by atoms with E-state index in [1.165, 1.54) is 6.26 Å². The van der Waals surface area contributed by atoms with Crippen LogP contribution < -0.4 is 5.32 Å². The van der Waals surface area contributed by atoms with Crippen molar-refractivity contribution in [3.05, 3.63) is 48.1 Å². The first-order chi connectivity index (χ1) is 11.7. The maximum atomic E-state index is 12.0. The normalized spacial score (nSPS) is 10.8. The molecule has 0 aliphatic rings. The number of benzene rings is 1.